The Hall–Kier alpha value is -1.88. The van der Waals surface area contributed by atoms with E-state index in [9.17, 15) is 21.6 Å². The molecule has 0 spiro atoms. The van der Waals surface area contributed by atoms with Crippen molar-refractivity contribution in [1.82, 2.24) is 0 Å². The highest BCUT2D eigenvalue weighted by Gasteiger charge is 2.16. The van der Waals surface area contributed by atoms with E-state index < -0.39 is 30.0 Å². The number of carbonyl (C=O) groups is 1. The number of aliphatic imine (C=N–C) groups is 1. The van der Waals surface area contributed by atoms with Crippen molar-refractivity contribution in [2.24, 2.45) is 4.99 Å². The zero-order valence-corrected chi connectivity index (χ0v) is 13.2. The maximum atomic E-state index is 11.2. The molecule has 0 amide bonds. The monoisotopic (exact) mass is 347 g/mol. The predicted octanol–water partition coefficient (Wildman–Crippen LogP) is 0.800. The van der Waals surface area contributed by atoms with E-state index in [4.69, 9.17) is 9.11 Å². The van der Waals surface area contributed by atoms with E-state index in [1.165, 1.54) is 13.1 Å². The van der Waals surface area contributed by atoms with Crippen LogP contribution >= 0.6 is 0 Å². The van der Waals surface area contributed by atoms with Crippen LogP contribution in [0.5, 0.6) is 0 Å². The number of hydrogen-bond donors (Lipinski definition) is 2. The molecular formula is C12H13NO7S2. The minimum Gasteiger partial charge on any atom is -0.296 e. The largest absolute Gasteiger partial charge is 0.296 e. The third-order valence-corrected chi connectivity index (χ3v) is 4.50. The molecule has 10 heteroatoms. The molecule has 0 aliphatic rings. The van der Waals surface area contributed by atoms with E-state index in [1.54, 1.807) is 0 Å². The molecule has 0 saturated carbocycles. The minimum absolute atomic E-state index is 0.0158. The SMILES string of the molecule is CN=C(C=O)c1ccc(S(=O)(=O)O)cc1/C=C(\C)S(=O)(=O)O. The Bertz CT molecular complexity index is 865. The number of carbonyl (C=O) groups excluding carboxylic acids is 1. The van der Waals surface area contributed by atoms with Crippen LogP contribution in [0, 0.1) is 0 Å². The van der Waals surface area contributed by atoms with Gasteiger partial charge in [0.05, 0.1) is 9.80 Å². The summed E-state index contributed by atoms with van der Waals surface area (Å²) in [5.41, 5.74) is 0.0714. The standard InChI is InChI=1S/C12H13NO7S2/c1-8(21(15,16)17)5-9-6-10(22(18,19)20)3-4-11(9)12(7-14)13-2/h3-7H,1-2H3,(H,15,16,17)(H,18,19,20)/b8-5+,13-12?. The topological polar surface area (TPSA) is 138 Å². The fraction of sp³-hybridized carbons (Fsp3) is 0.167. The van der Waals surface area contributed by atoms with Gasteiger partial charge in [0.1, 0.15) is 5.71 Å². The van der Waals surface area contributed by atoms with E-state index in [-0.39, 0.29) is 16.8 Å². The Morgan fingerprint density at radius 1 is 1.18 bits per heavy atom. The number of rotatable bonds is 5. The van der Waals surface area contributed by atoms with Crippen LogP contribution in [0.15, 0.2) is 33.0 Å². The Morgan fingerprint density at radius 2 is 1.77 bits per heavy atom. The van der Waals surface area contributed by atoms with Gasteiger partial charge in [-0.2, -0.15) is 16.8 Å². The second-order valence-electron chi connectivity index (χ2n) is 4.18. The van der Waals surface area contributed by atoms with Crippen LogP contribution in [0.3, 0.4) is 0 Å². The summed E-state index contributed by atoms with van der Waals surface area (Å²) in [4.78, 5) is 13.7. The van der Waals surface area contributed by atoms with Gasteiger partial charge in [0.15, 0.2) is 6.29 Å². The molecule has 0 aromatic heterocycles. The second-order valence-corrected chi connectivity index (χ2v) is 7.20. The lowest BCUT2D eigenvalue weighted by Crippen LogP contribution is -2.08. The van der Waals surface area contributed by atoms with Crippen molar-refractivity contribution in [3.63, 3.8) is 0 Å². The molecule has 0 fully saturated rings. The number of aldehydes is 1. The first kappa shape index (κ1) is 18.2. The number of nitrogens with zero attached hydrogens (tertiary/aromatic N) is 1. The van der Waals surface area contributed by atoms with Crippen LogP contribution in [0.2, 0.25) is 0 Å². The zero-order chi connectivity index (χ0) is 17.1. The van der Waals surface area contributed by atoms with Crippen molar-refractivity contribution in [3.8, 4) is 0 Å². The molecule has 2 N–H and O–H groups in total. The predicted molar refractivity (Wildman–Crippen MR) is 80.0 cm³/mol. The quantitative estimate of drug-likeness (QED) is 0.456. The van der Waals surface area contributed by atoms with E-state index in [1.807, 2.05) is 0 Å². The third-order valence-electron chi connectivity index (χ3n) is 2.72. The molecule has 8 nitrogen and oxygen atoms in total. The normalized spacial score (nSPS) is 14.0. The number of hydrogen-bond acceptors (Lipinski definition) is 6. The number of benzene rings is 1. The van der Waals surface area contributed by atoms with Crippen LogP contribution in [-0.4, -0.2) is 45.0 Å². The van der Waals surface area contributed by atoms with E-state index >= 15 is 0 Å². The highest BCUT2D eigenvalue weighted by atomic mass is 32.2. The fourth-order valence-electron chi connectivity index (χ4n) is 1.58. The summed E-state index contributed by atoms with van der Waals surface area (Å²) in [7, 11) is -7.68. The zero-order valence-electron chi connectivity index (χ0n) is 11.6. The smallest absolute Gasteiger partial charge is 0.294 e. The van der Waals surface area contributed by atoms with Gasteiger partial charge in [-0.1, -0.05) is 6.07 Å². The summed E-state index contributed by atoms with van der Waals surface area (Å²) >= 11 is 0. The van der Waals surface area contributed by atoms with Crippen LogP contribution in [0.4, 0.5) is 0 Å². The molecule has 0 saturated heterocycles. The maximum Gasteiger partial charge on any atom is 0.294 e. The van der Waals surface area contributed by atoms with Crippen LogP contribution in [0.25, 0.3) is 6.08 Å². The molecule has 0 aliphatic carbocycles. The summed E-state index contributed by atoms with van der Waals surface area (Å²) < 4.78 is 62.4. The van der Waals surface area contributed by atoms with E-state index in [0.29, 0.717) is 6.29 Å². The van der Waals surface area contributed by atoms with Gasteiger partial charge in [-0.25, -0.2) is 0 Å². The van der Waals surface area contributed by atoms with Crippen molar-refractivity contribution in [2.45, 2.75) is 11.8 Å². The highest BCUT2D eigenvalue weighted by molar-refractivity contribution is 7.89. The molecule has 22 heavy (non-hydrogen) atoms. The molecule has 1 aromatic rings. The van der Waals surface area contributed by atoms with Crippen molar-refractivity contribution >= 4 is 38.3 Å². The molecule has 0 atom stereocenters. The molecule has 0 bridgehead atoms. The summed E-state index contributed by atoms with van der Waals surface area (Å²) in [6.07, 6.45) is 1.37. The molecule has 0 unspecified atom stereocenters. The molecular weight excluding hydrogens is 334 g/mol. The van der Waals surface area contributed by atoms with Crippen molar-refractivity contribution < 1.29 is 30.7 Å². The van der Waals surface area contributed by atoms with Gasteiger partial charge in [0, 0.05) is 12.6 Å². The average Bonchev–Trinajstić information content (AvgIpc) is 2.39. The molecule has 120 valence electrons. The molecule has 0 radical (unpaired) electrons. The van der Waals surface area contributed by atoms with Gasteiger partial charge in [0.2, 0.25) is 0 Å². The van der Waals surface area contributed by atoms with E-state index in [2.05, 4.69) is 4.99 Å². The summed E-state index contributed by atoms with van der Waals surface area (Å²) in [5.74, 6) is 0. The average molecular weight is 347 g/mol. The summed E-state index contributed by atoms with van der Waals surface area (Å²) in [6, 6.07) is 3.20. The Kier molecular flexibility index (Phi) is 5.35. The van der Waals surface area contributed by atoms with Gasteiger partial charge >= 0.3 is 0 Å². The molecule has 0 aliphatic heterocycles. The molecule has 1 aromatic carbocycles. The van der Waals surface area contributed by atoms with Gasteiger partial charge in [0.25, 0.3) is 20.2 Å². The minimum atomic E-state index is -4.52. The summed E-state index contributed by atoms with van der Waals surface area (Å²) in [5, 5.41) is 0. The second kappa shape index (κ2) is 6.48. The maximum absolute atomic E-state index is 11.2. The highest BCUT2D eigenvalue weighted by Crippen LogP contribution is 2.21. The van der Waals surface area contributed by atoms with Crippen molar-refractivity contribution in [3.05, 3.63) is 34.2 Å². The summed E-state index contributed by atoms with van der Waals surface area (Å²) in [6.45, 7) is 1.09. The van der Waals surface area contributed by atoms with Gasteiger partial charge < -0.3 is 0 Å². The first-order valence-corrected chi connectivity index (χ1v) is 8.58. The Labute approximate surface area is 127 Å². The van der Waals surface area contributed by atoms with Crippen molar-refractivity contribution in [1.29, 1.82) is 0 Å². The van der Waals surface area contributed by atoms with Gasteiger partial charge in [-0.15, -0.1) is 0 Å². The first-order valence-electron chi connectivity index (χ1n) is 5.70. The Balaban J connectivity index is 3.72. The fourth-order valence-corrected chi connectivity index (χ4v) is 2.38. The van der Waals surface area contributed by atoms with Crippen LogP contribution in [0.1, 0.15) is 18.1 Å². The first-order chi connectivity index (χ1) is 10.0. The lowest BCUT2D eigenvalue weighted by molar-refractivity contribution is -0.102. The van der Waals surface area contributed by atoms with E-state index in [0.717, 1.165) is 25.1 Å². The van der Waals surface area contributed by atoms with Gasteiger partial charge in [-0.05, 0) is 30.7 Å². The third kappa shape index (κ3) is 4.31. The van der Waals surface area contributed by atoms with Crippen LogP contribution < -0.4 is 0 Å². The Morgan fingerprint density at radius 3 is 2.18 bits per heavy atom. The molecule has 1 rings (SSSR count). The molecule has 0 heterocycles. The van der Waals surface area contributed by atoms with Gasteiger partial charge in [-0.3, -0.25) is 18.9 Å². The van der Waals surface area contributed by atoms with Crippen molar-refractivity contribution in [2.75, 3.05) is 7.05 Å². The lowest BCUT2D eigenvalue weighted by Gasteiger charge is -2.08. The van der Waals surface area contributed by atoms with Crippen LogP contribution in [-0.2, 0) is 25.0 Å². The lowest BCUT2D eigenvalue weighted by atomic mass is 10.0. The number of allylic oxidation sites excluding steroid dienone is 1.